The topological polar surface area (TPSA) is 106 Å². The number of nitro benzene ring substituents is 1. The van der Waals surface area contributed by atoms with Crippen LogP contribution < -0.4 is 10.9 Å². The second kappa shape index (κ2) is 10.4. The van der Waals surface area contributed by atoms with Gasteiger partial charge < -0.3 is 4.74 Å². The van der Waals surface area contributed by atoms with E-state index in [0.717, 1.165) is 5.69 Å². The van der Waals surface area contributed by atoms with Crippen molar-refractivity contribution in [2.75, 3.05) is 12.5 Å². The number of carbonyl (C=O) groups is 1. The van der Waals surface area contributed by atoms with Crippen molar-refractivity contribution in [3.63, 3.8) is 0 Å². The lowest BCUT2D eigenvalue weighted by molar-refractivity contribution is -0.384. The van der Waals surface area contributed by atoms with Gasteiger partial charge in [-0.25, -0.2) is 9.79 Å². The molecule has 0 heterocycles. The van der Waals surface area contributed by atoms with Crippen LogP contribution in [0.3, 0.4) is 0 Å². The van der Waals surface area contributed by atoms with Crippen LogP contribution in [0.5, 0.6) is 0 Å². The minimum Gasteiger partial charge on any atom is -0.463 e. The number of esters is 1. The molecule has 0 aliphatic heterocycles. The first-order chi connectivity index (χ1) is 12.1. The molecule has 2 rings (SSSR count). The maximum atomic E-state index is 11.7. The minimum absolute atomic E-state index is 0.0565. The van der Waals surface area contributed by atoms with Crippen LogP contribution in [0.4, 0.5) is 17.1 Å². The number of amidine groups is 1. The zero-order chi connectivity index (χ0) is 18.7. The van der Waals surface area contributed by atoms with Crippen molar-refractivity contribution in [1.82, 2.24) is 5.43 Å². The minimum atomic E-state index is -0.674. The fourth-order valence-electron chi connectivity index (χ4n) is 1.65. The second-order valence-electron chi connectivity index (χ2n) is 4.34. The van der Waals surface area contributed by atoms with Gasteiger partial charge in [0.15, 0.2) is 0 Å². The van der Waals surface area contributed by atoms with E-state index < -0.39 is 10.9 Å². The summed E-state index contributed by atoms with van der Waals surface area (Å²) >= 11 is 0. The molecule has 0 fully saturated rings. The first-order valence-electron chi connectivity index (χ1n) is 7.58. The number of anilines is 1. The molecule has 8 heteroatoms. The molecular formula is C17H20N4O4. The Bertz CT molecular complexity index is 715. The Hall–Kier alpha value is -3.42. The van der Waals surface area contributed by atoms with Gasteiger partial charge in [0.2, 0.25) is 5.84 Å². The molecule has 2 aromatic carbocycles. The molecule has 8 nitrogen and oxygen atoms in total. The molecule has 0 bridgehead atoms. The number of hydrogen-bond donors (Lipinski definition) is 2. The van der Waals surface area contributed by atoms with E-state index in [4.69, 9.17) is 0 Å². The summed E-state index contributed by atoms with van der Waals surface area (Å²) in [5.41, 5.74) is 6.53. The van der Waals surface area contributed by atoms with Crippen LogP contribution in [0.25, 0.3) is 0 Å². The first kappa shape index (κ1) is 19.6. The van der Waals surface area contributed by atoms with Crippen LogP contribution in [0.1, 0.15) is 13.8 Å². The van der Waals surface area contributed by atoms with Gasteiger partial charge in [-0.1, -0.05) is 32.0 Å². The summed E-state index contributed by atoms with van der Waals surface area (Å²) < 4.78 is 4.65. The molecule has 0 aliphatic rings. The van der Waals surface area contributed by atoms with E-state index in [0.29, 0.717) is 5.69 Å². The number of ether oxygens (including phenoxy) is 1. The number of nitrogens with zero attached hydrogens (tertiary/aromatic N) is 2. The number of rotatable bonds is 4. The van der Waals surface area contributed by atoms with E-state index in [1.807, 2.05) is 32.0 Å². The van der Waals surface area contributed by atoms with Crippen molar-refractivity contribution in [1.29, 1.82) is 0 Å². The monoisotopic (exact) mass is 344 g/mol. The summed E-state index contributed by atoms with van der Waals surface area (Å²) in [4.78, 5) is 26.0. The zero-order valence-electron chi connectivity index (χ0n) is 14.2. The Morgan fingerprint density at radius 2 is 1.68 bits per heavy atom. The van der Waals surface area contributed by atoms with Gasteiger partial charge in [0, 0.05) is 12.1 Å². The number of para-hydroxylation sites is 1. The number of hydrazine groups is 1. The summed E-state index contributed by atoms with van der Waals surface area (Å²) in [6.07, 6.45) is 0. The summed E-state index contributed by atoms with van der Waals surface area (Å²) in [6.45, 7) is 4.00. The van der Waals surface area contributed by atoms with Gasteiger partial charge >= 0.3 is 5.97 Å². The van der Waals surface area contributed by atoms with Crippen molar-refractivity contribution >= 4 is 28.9 Å². The van der Waals surface area contributed by atoms with Crippen LogP contribution in [0.15, 0.2) is 59.6 Å². The molecule has 0 amide bonds. The summed E-state index contributed by atoms with van der Waals surface area (Å²) in [5, 5.41) is 10.6. The number of nitro groups is 1. The SMILES string of the molecule is CC.COC(=O)C(=Nc1ccc([N+](=O)[O-])cc1)NNc1ccccc1. The van der Waals surface area contributed by atoms with Crippen molar-refractivity contribution in [2.24, 2.45) is 4.99 Å². The Labute approximate surface area is 145 Å². The number of hydrogen-bond acceptors (Lipinski definition) is 6. The highest BCUT2D eigenvalue weighted by molar-refractivity contribution is 6.36. The summed E-state index contributed by atoms with van der Waals surface area (Å²) in [5.74, 6) is -0.753. The lowest BCUT2D eigenvalue weighted by Gasteiger charge is -2.10. The molecule has 2 N–H and O–H groups in total. The van der Waals surface area contributed by atoms with Gasteiger partial charge in [-0.15, -0.1) is 0 Å². The summed E-state index contributed by atoms with van der Waals surface area (Å²) in [7, 11) is 1.23. The Morgan fingerprint density at radius 1 is 1.08 bits per heavy atom. The van der Waals surface area contributed by atoms with Gasteiger partial charge in [-0.2, -0.15) is 0 Å². The van der Waals surface area contributed by atoms with Gasteiger partial charge in [0.05, 0.1) is 23.4 Å². The van der Waals surface area contributed by atoms with E-state index in [-0.39, 0.29) is 11.5 Å². The number of methoxy groups -OCH3 is 1. The van der Waals surface area contributed by atoms with Crippen molar-refractivity contribution < 1.29 is 14.5 Å². The first-order valence-corrected chi connectivity index (χ1v) is 7.58. The fourth-order valence-corrected chi connectivity index (χ4v) is 1.65. The largest absolute Gasteiger partial charge is 0.463 e. The number of nitrogens with one attached hydrogen (secondary N) is 2. The summed E-state index contributed by atoms with van der Waals surface area (Å²) in [6, 6.07) is 14.6. The lowest BCUT2D eigenvalue weighted by Crippen LogP contribution is -2.36. The molecule has 0 saturated carbocycles. The van der Waals surface area contributed by atoms with Crippen molar-refractivity contribution in [2.45, 2.75) is 13.8 Å². The molecule has 0 aromatic heterocycles. The number of non-ortho nitro benzene ring substituents is 1. The quantitative estimate of drug-likeness (QED) is 0.289. The maximum absolute atomic E-state index is 11.7. The average molecular weight is 344 g/mol. The van der Waals surface area contributed by atoms with Crippen molar-refractivity contribution in [3.05, 3.63) is 64.7 Å². The predicted molar refractivity (Wildman–Crippen MR) is 96.8 cm³/mol. The highest BCUT2D eigenvalue weighted by atomic mass is 16.6. The third-order valence-electron chi connectivity index (χ3n) is 2.78. The molecule has 0 spiro atoms. The number of carbonyl (C=O) groups excluding carboxylic acids is 1. The molecule has 0 saturated heterocycles. The highest BCUT2D eigenvalue weighted by Gasteiger charge is 2.12. The molecular weight excluding hydrogens is 324 g/mol. The number of benzene rings is 2. The third kappa shape index (κ3) is 6.30. The van der Waals surface area contributed by atoms with Crippen molar-refractivity contribution in [3.8, 4) is 0 Å². The average Bonchev–Trinajstić information content (AvgIpc) is 2.67. The van der Waals surface area contributed by atoms with Crippen LogP contribution in [0.2, 0.25) is 0 Å². The molecule has 0 radical (unpaired) electrons. The van der Waals surface area contributed by atoms with Crippen LogP contribution in [-0.4, -0.2) is 23.8 Å². The predicted octanol–water partition coefficient (Wildman–Crippen LogP) is 3.44. The molecule has 0 atom stereocenters. The van der Waals surface area contributed by atoms with Crippen LogP contribution in [-0.2, 0) is 9.53 Å². The van der Waals surface area contributed by atoms with Gasteiger partial charge in [0.1, 0.15) is 0 Å². The van der Waals surface area contributed by atoms with Crippen LogP contribution >= 0.6 is 0 Å². The normalized spacial score (nSPS) is 10.1. The maximum Gasteiger partial charge on any atom is 0.375 e. The van der Waals surface area contributed by atoms with E-state index >= 15 is 0 Å². The van der Waals surface area contributed by atoms with Crippen LogP contribution in [0, 0.1) is 10.1 Å². The van der Waals surface area contributed by atoms with Gasteiger partial charge in [0.25, 0.3) is 5.69 Å². The molecule has 2 aromatic rings. The Balaban J connectivity index is 0.00000151. The van der Waals surface area contributed by atoms with Gasteiger partial charge in [-0.05, 0) is 24.3 Å². The smallest absolute Gasteiger partial charge is 0.375 e. The molecule has 25 heavy (non-hydrogen) atoms. The zero-order valence-corrected chi connectivity index (χ0v) is 14.2. The molecule has 0 aliphatic carbocycles. The van der Waals surface area contributed by atoms with E-state index in [1.165, 1.54) is 31.4 Å². The molecule has 0 unspecified atom stereocenters. The molecule has 132 valence electrons. The van der Waals surface area contributed by atoms with Gasteiger partial charge in [-0.3, -0.25) is 21.0 Å². The lowest BCUT2D eigenvalue weighted by atomic mass is 10.3. The Morgan fingerprint density at radius 3 is 2.20 bits per heavy atom. The highest BCUT2D eigenvalue weighted by Crippen LogP contribution is 2.18. The Kier molecular flexibility index (Phi) is 8.14. The van der Waals surface area contributed by atoms with E-state index in [1.54, 1.807) is 12.1 Å². The van der Waals surface area contributed by atoms with E-state index in [9.17, 15) is 14.9 Å². The standard InChI is InChI=1S/C15H14N4O4.C2H6/c1-23-15(20)14(18-17-12-5-3-2-4-6-12)16-11-7-9-13(10-8-11)19(21)22;1-2/h2-10,17H,1H3,(H,16,18);1-2H3. The second-order valence-corrected chi connectivity index (χ2v) is 4.34. The third-order valence-corrected chi connectivity index (χ3v) is 2.78. The van der Waals surface area contributed by atoms with E-state index in [2.05, 4.69) is 20.6 Å². The fraction of sp³-hybridized carbons (Fsp3) is 0.176. The number of aliphatic imine (C=N–C) groups is 1.